The Bertz CT molecular complexity index is 175. The molecule has 9 heteroatoms. The van der Waals surface area contributed by atoms with Crippen molar-refractivity contribution in [3.63, 3.8) is 0 Å². The summed E-state index contributed by atoms with van der Waals surface area (Å²) >= 11 is -4.83. The van der Waals surface area contributed by atoms with E-state index in [0.717, 1.165) is 0 Å². The van der Waals surface area contributed by atoms with Crippen LogP contribution in [0.1, 0.15) is 0 Å². The first kappa shape index (κ1) is 11.7. The maximum absolute atomic E-state index is 11.2. The smallest absolute Gasteiger partial charge is 0.165 e. The van der Waals surface area contributed by atoms with Crippen molar-refractivity contribution in [2.75, 3.05) is 0 Å². The van der Waals surface area contributed by atoms with E-state index in [4.69, 9.17) is 0 Å². The second kappa shape index (κ2) is 3.19. The van der Waals surface area contributed by atoms with Crippen LogP contribution in [-0.4, -0.2) is 17.2 Å². The summed E-state index contributed by atoms with van der Waals surface area (Å²) in [7, 11) is 0. The summed E-state index contributed by atoms with van der Waals surface area (Å²) in [6.45, 7) is 0. The van der Waals surface area contributed by atoms with Gasteiger partial charge in [-0.3, -0.25) is 0 Å². The van der Waals surface area contributed by atoms with Crippen LogP contribution in [0.3, 0.4) is 0 Å². The highest BCUT2D eigenvalue weighted by molar-refractivity contribution is 8.07. The molecule has 0 heterocycles. The lowest BCUT2D eigenvalue weighted by Crippen LogP contribution is -2.36. The van der Waals surface area contributed by atoms with Gasteiger partial charge in [0.15, 0.2) is 11.3 Å². The summed E-state index contributed by atoms with van der Waals surface area (Å²) in [4.78, 5) is -3.64. The fourth-order valence-corrected chi connectivity index (χ4v) is 0.686. The lowest BCUT2D eigenvalue weighted by atomic mass is 10.4. The van der Waals surface area contributed by atoms with E-state index >= 15 is 0 Å². The highest BCUT2D eigenvalue weighted by Gasteiger charge is 2.54. The number of alkyl halides is 6. The Balaban J connectivity index is 5.13. The summed E-state index contributed by atoms with van der Waals surface area (Å²) < 4.78 is 89.9. The molecule has 0 aromatic heterocycles. The van der Waals surface area contributed by atoms with Crippen LogP contribution < -0.4 is 0 Å². The normalized spacial score (nSPS) is 13.8. The second-order valence-electron chi connectivity index (χ2n) is 1.54. The van der Waals surface area contributed by atoms with Gasteiger partial charge in [-0.2, -0.15) is 26.3 Å². The molecule has 0 aliphatic rings. The highest BCUT2D eigenvalue weighted by atomic mass is 32.2. The van der Waals surface area contributed by atoms with Crippen molar-refractivity contribution in [2.24, 2.45) is 0 Å². The van der Waals surface area contributed by atoms with E-state index in [1.807, 2.05) is 0 Å². The maximum Gasteiger partial charge on any atom is 0.431 e. The van der Waals surface area contributed by atoms with Gasteiger partial charge in [-0.1, -0.05) is 0 Å². The lowest BCUT2D eigenvalue weighted by molar-refractivity contribution is -0.114. The highest BCUT2D eigenvalue weighted by Crippen LogP contribution is 2.38. The molecule has 0 rings (SSSR count). The van der Waals surface area contributed by atoms with Crippen molar-refractivity contribution >= 4 is 16.1 Å². The Morgan fingerprint density at radius 2 is 1.00 bits per heavy atom. The molecule has 0 aliphatic carbocycles. The molecule has 0 saturated carbocycles. The van der Waals surface area contributed by atoms with Crippen molar-refractivity contribution in [2.45, 2.75) is 12.4 Å². The van der Waals surface area contributed by atoms with E-state index in [-0.39, 0.29) is 0 Å². The molecule has 0 N–H and O–H groups in total. The molecule has 0 atom stereocenters. The molecular weight excluding hydrogens is 220 g/mol. The Labute approximate surface area is 63.7 Å². The van der Waals surface area contributed by atoms with Crippen LogP contribution in [0.5, 0.6) is 0 Å². The third-order valence-corrected chi connectivity index (χ3v) is 1.44. The summed E-state index contributed by atoms with van der Waals surface area (Å²) in [5.41, 5.74) is 0. The molecule has 0 radical (unpaired) electrons. The van der Waals surface area contributed by atoms with Gasteiger partial charge in [-0.25, -0.2) is 0 Å². The summed E-state index contributed by atoms with van der Waals surface area (Å²) in [6.07, 6.45) is -12.0. The van der Waals surface area contributed by atoms with E-state index < -0.39 is 28.5 Å². The molecule has 0 nitrogen and oxygen atoms in total. The van der Waals surface area contributed by atoms with Gasteiger partial charge in [0.2, 0.25) is 4.86 Å². The zero-order chi connectivity index (χ0) is 10.2. The lowest BCUT2D eigenvalue weighted by Gasteiger charge is -2.12. The zero-order valence-corrected chi connectivity index (χ0v) is 5.75. The van der Waals surface area contributed by atoms with Crippen LogP contribution in [0, 0.1) is 0 Å². The Hall–Kier alpha value is -0.340. The molecule has 0 spiro atoms. The molecule has 0 bridgehead atoms. The number of hydrogen-bond donors (Lipinski definition) is 0. The van der Waals surface area contributed by atoms with E-state index in [1.54, 1.807) is 0 Å². The van der Waals surface area contributed by atoms with Crippen LogP contribution >= 0.6 is 11.3 Å². The first-order valence-corrected chi connectivity index (χ1v) is 3.17. The Morgan fingerprint density at radius 3 is 1.00 bits per heavy atom. The molecule has 0 aliphatic heterocycles. The van der Waals surface area contributed by atoms with Crippen molar-refractivity contribution in [3.05, 3.63) is 0 Å². The number of halogens is 8. The first-order chi connectivity index (χ1) is 5.07. The van der Waals surface area contributed by atoms with E-state index in [1.165, 1.54) is 0 Å². The summed E-state index contributed by atoms with van der Waals surface area (Å²) in [5, 5.41) is 0. The minimum atomic E-state index is -6.02. The topological polar surface area (TPSA) is 0 Å². The fraction of sp³-hybridized carbons (Fsp3) is 0.667. The van der Waals surface area contributed by atoms with Crippen molar-refractivity contribution in [3.8, 4) is 0 Å². The van der Waals surface area contributed by atoms with Gasteiger partial charge in [0.05, 0.1) is 0 Å². The minimum Gasteiger partial charge on any atom is -0.165 e. The van der Waals surface area contributed by atoms with Crippen LogP contribution in [-0.2, 0) is 0 Å². The molecular formula is C3F8S. The quantitative estimate of drug-likeness (QED) is 0.434. The van der Waals surface area contributed by atoms with Crippen molar-refractivity contribution in [1.29, 1.82) is 0 Å². The van der Waals surface area contributed by atoms with E-state index in [0.29, 0.717) is 0 Å². The fourth-order valence-electron chi connectivity index (χ4n) is 0.336. The molecule has 0 saturated heterocycles. The van der Waals surface area contributed by atoms with Gasteiger partial charge < -0.3 is 0 Å². The first-order valence-electron chi connectivity index (χ1n) is 2.15. The molecule has 0 fully saturated rings. The second-order valence-corrected chi connectivity index (χ2v) is 2.37. The minimum absolute atomic E-state index is 3.64. The third kappa shape index (κ3) is 2.95. The predicted octanol–water partition coefficient (Wildman–Crippen LogP) is 3.32. The van der Waals surface area contributed by atoms with Gasteiger partial charge in [0.1, 0.15) is 0 Å². The van der Waals surface area contributed by atoms with Crippen LogP contribution in [0.15, 0.2) is 0 Å². The molecule has 12 heavy (non-hydrogen) atoms. The van der Waals surface area contributed by atoms with Gasteiger partial charge in [-0.05, 0) is 0 Å². The largest absolute Gasteiger partial charge is 0.431 e. The van der Waals surface area contributed by atoms with Crippen molar-refractivity contribution in [1.82, 2.24) is 0 Å². The van der Waals surface area contributed by atoms with Crippen LogP contribution in [0.25, 0.3) is 0 Å². The monoisotopic (exact) mass is 220 g/mol. The number of rotatable bonds is 0. The van der Waals surface area contributed by atoms with Gasteiger partial charge in [0.25, 0.3) is 0 Å². The van der Waals surface area contributed by atoms with Gasteiger partial charge in [-0.15, -0.1) is 7.77 Å². The predicted molar refractivity (Wildman–Crippen MR) is 26.9 cm³/mol. The van der Waals surface area contributed by atoms with E-state index in [9.17, 15) is 34.1 Å². The molecule has 0 aromatic carbocycles. The van der Waals surface area contributed by atoms with Crippen LogP contribution in [0.2, 0.25) is 0 Å². The van der Waals surface area contributed by atoms with Gasteiger partial charge >= 0.3 is 12.4 Å². The molecule has 0 amide bonds. The molecule has 74 valence electrons. The maximum atomic E-state index is 11.2. The zero-order valence-electron chi connectivity index (χ0n) is 4.93. The SMILES string of the molecule is FS(F)=C(C(F)(F)F)C(F)(F)F. The summed E-state index contributed by atoms with van der Waals surface area (Å²) in [5.74, 6) is 0. The van der Waals surface area contributed by atoms with Gasteiger partial charge in [0, 0.05) is 0 Å². The standard InChI is InChI=1S/C3F8S/c4-2(5,6)1(12(10)11)3(7,8)9. The van der Waals surface area contributed by atoms with E-state index in [2.05, 4.69) is 0 Å². The number of hydrogen-bond acceptors (Lipinski definition) is 0. The molecule has 0 aromatic rings. The summed E-state index contributed by atoms with van der Waals surface area (Å²) in [6, 6.07) is 0. The average molecular weight is 220 g/mol. The Morgan fingerprint density at radius 1 is 0.750 bits per heavy atom. The molecule has 0 unspecified atom stereocenters. The Kier molecular flexibility index (Phi) is 3.10. The third-order valence-electron chi connectivity index (χ3n) is 0.669. The van der Waals surface area contributed by atoms with Crippen LogP contribution in [0.4, 0.5) is 34.1 Å². The average Bonchev–Trinajstić information content (AvgIpc) is 1.49. The van der Waals surface area contributed by atoms with Crippen molar-refractivity contribution < 1.29 is 34.1 Å².